The zero-order valence-corrected chi connectivity index (χ0v) is 14.6. The Bertz CT molecular complexity index is 669. The monoisotopic (exact) mass is 333 g/mol. The van der Waals surface area contributed by atoms with Crippen LogP contribution in [0, 0.1) is 0 Å². The zero-order chi connectivity index (χ0) is 15.9. The third-order valence-electron chi connectivity index (χ3n) is 5.21. The molecule has 2 aromatic heterocycles. The van der Waals surface area contributed by atoms with Crippen LogP contribution in [0.1, 0.15) is 47.8 Å². The SMILES string of the molecule is CCc1cc2c(s1)CCO[C@@]21CCN(Cc2ncon2)[C@@H](C)C1. The third kappa shape index (κ3) is 2.73. The summed E-state index contributed by atoms with van der Waals surface area (Å²) in [6.07, 6.45) is 5.68. The molecule has 1 fully saturated rings. The van der Waals surface area contributed by atoms with Gasteiger partial charge in [-0.2, -0.15) is 4.98 Å². The quantitative estimate of drug-likeness (QED) is 0.864. The fourth-order valence-corrected chi connectivity index (χ4v) is 5.13. The van der Waals surface area contributed by atoms with E-state index in [4.69, 9.17) is 9.26 Å². The van der Waals surface area contributed by atoms with Gasteiger partial charge in [0.15, 0.2) is 5.82 Å². The number of fused-ring (bicyclic) bond motifs is 2. The van der Waals surface area contributed by atoms with Crippen molar-refractivity contribution in [1.29, 1.82) is 0 Å². The van der Waals surface area contributed by atoms with Crippen molar-refractivity contribution >= 4 is 11.3 Å². The molecule has 0 unspecified atom stereocenters. The molecule has 4 rings (SSSR count). The molecule has 0 aromatic carbocycles. The Morgan fingerprint density at radius 3 is 3.13 bits per heavy atom. The molecule has 0 radical (unpaired) electrons. The second-order valence-corrected chi connectivity index (χ2v) is 7.84. The van der Waals surface area contributed by atoms with Gasteiger partial charge in [-0.15, -0.1) is 11.3 Å². The topological polar surface area (TPSA) is 51.4 Å². The van der Waals surface area contributed by atoms with E-state index < -0.39 is 0 Å². The molecule has 2 aliphatic rings. The van der Waals surface area contributed by atoms with E-state index in [-0.39, 0.29) is 5.60 Å². The maximum Gasteiger partial charge on any atom is 0.213 e. The Balaban J connectivity index is 1.55. The van der Waals surface area contributed by atoms with E-state index in [0.717, 1.165) is 51.2 Å². The van der Waals surface area contributed by atoms with Gasteiger partial charge in [0.05, 0.1) is 18.8 Å². The van der Waals surface area contributed by atoms with Crippen molar-refractivity contribution in [2.45, 2.75) is 57.7 Å². The second-order valence-electron chi connectivity index (χ2n) is 6.62. The highest BCUT2D eigenvalue weighted by molar-refractivity contribution is 7.12. The van der Waals surface area contributed by atoms with Gasteiger partial charge in [-0.05, 0) is 37.8 Å². The first-order chi connectivity index (χ1) is 11.2. The minimum Gasteiger partial charge on any atom is -0.370 e. The van der Waals surface area contributed by atoms with E-state index in [1.54, 1.807) is 4.88 Å². The highest BCUT2D eigenvalue weighted by atomic mass is 32.1. The molecular formula is C17H23N3O2S. The number of rotatable bonds is 3. The molecular weight excluding hydrogens is 310 g/mol. The van der Waals surface area contributed by atoms with Gasteiger partial charge in [0.25, 0.3) is 0 Å². The van der Waals surface area contributed by atoms with Gasteiger partial charge in [-0.1, -0.05) is 12.1 Å². The normalized spacial score (nSPS) is 28.2. The highest BCUT2D eigenvalue weighted by Gasteiger charge is 2.44. The van der Waals surface area contributed by atoms with E-state index in [0.29, 0.717) is 6.04 Å². The molecule has 23 heavy (non-hydrogen) atoms. The van der Waals surface area contributed by atoms with Crippen molar-refractivity contribution in [3.8, 4) is 0 Å². The van der Waals surface area contributed by atoms with Crippen molar-refractivity contribution in [2.24, 2.45) is 0 Å². The lowest BCUT2D eigenvalue weighted by Crippen LogP contribution is -2.50. The average Bonchev–Trinajstić information content (AvgIpc) is 3.20. The van der Waals surface area contributed by atoms with E-state index in [1.807, 2.05) is 11.3 Å². The first-order valence-electron chi connectivity index (χ1n) is 8.45. The molecule has 6 heteroatoms. The summed E-state index contributed by atoms with van der Waals surface area (Å²) >= 11 is 1.98. The summed E-state index contributed by atoms with van der Waals surface area (Å²) in [6, 6.07) is 2.85. The zero-order valence-electron chi connectivity index (χ0n) is 13.7. The summed E-state index contributed by atoms with van der Waals surface area (Å²) in [6.45, 7) is 7.14. The third-order valence-corrected chi connectivity index (χ3v) is 6.55. The molecule has 0 N–H and O–H groups in total. The number of aryl methyl sites for hydroxylation is 1. The number of ether oxygens (including phenoxy) is 1. The van der Waals surface area contributed by atoms with Crippen LogP contribution >= 0.6 is 11.3 Å². The van der Waals surface area contributed by atoms with Crippen molar-refractivity contribution < 1.29 is 9.26 Å². The Kier molecular flexibility index (Phi) is 3.99. The molecule has 0 saturated carbocycles. The van der Waals surface area contributed by atoms with Crippen LogP contribution in [-0.2, 0) is 29.7 Å². The maximum absolute atomic E-state index is 6.37. The van der Waals surface area contributed by atoms with Crippen LogP contribution in [0.5, 0.6) is 0 Å². The van der Waals surface area contributed by atoms with Crippen LogP contribution in [0.4, 0.5) is 0 Å². The summed E-state index contributed by atoms with van der Waals surface area (Å²) in [5, 5.41) is 3.94. The molecule has 0 aliphatic carbocycles. The Morgan fingerprint density at radius 1 is 1.48 bits per heavy atom. The first kappa shape index (κ1) is 15.3. The van der Waals surface area contributed by atoms with Crippen LogP contribution in [-0.4, -0.2) is 34.2 Å². The molecule has 1 saturated heterocycles. The average molecular weight is 333 g/mol. The maximum atomic E-state index is 6.37. The summed E-state index contributed by atoms with van der Waals surface area (Å²) in [5.74, 6) is 0.766. The van der Waals surface area contributed by atoms with E-state index >= 15 is 0 Å². The number of piperidine rings is 1. The highest BCUT2D eigenvalue weighted by Crippen LogP contribution is 2.46. The lowest BCUT2D eigenvalue weighted by Gasteiger charge is -2.47. The number of nitrogens with zero attached hydrogens (tertiary/aromatic N) is 3. The van der Waals surface area contributed by atoms with Crippen molar-refractivity contribution in [3.63, 3.8) is 0 Å². The van der Waals surface area contributed by atoms with Gasteiger partial charge in [0.1, 0.15) is 0 Å². The van der Waals surface area contributed by atoms with Gasteiger partial charge in [-0.25, -0.2) is 0 Å². The predicted molar refractivity (Wildman–Crippen MR) is 88.4 cm³/mol. The van der Waals surface area contributed by atoms with Crippen molar-refractivity contribution in [1.82, 2.24) is 15.0 Å². The number of hydrogen-bond acceptors (Lipinski definition) is 6. The van der Waals surface area contributed by atoms with Gasteiger partial charge in [-0.3, -0.25) is 4.90 Å². The molecule has 0 amide bonds. The van der Waals surface area contributed by atoms with Gasteiger partial charge >= 0.3 is 0 Å². The summed E-state index contributed by atoms with van der Waals surface area (Å²) < 4.78 is 11.2. The standard InChI is InChI=1S/C17H23N3O2S/c1-3-13-8-14-15(23-13)4-7-21-17(14)5-6-20(12(2)9-17)10-16-18-11-22-19-16/h8,11-12H,3-7,9-10H2,1-2H3/t12-,17+/m0/s1. The smallest absolute Gasteiger partial charge is 0.213 e. The van der Waals surface area contributed by atoms with E-state index in [9.17, 15) is 0 Å². The molecule has 4 heterocycles. The van der Waals surface area contributed by atoms with Crippen LogP contribution in [0.25, 0.3) is 0 Å². The number of hydrogen-bond donors (Lipinski definition) is 0. The summed E-state index contributed by atoms with van der Waals surface area (Å²) in [5.41, 5.74) is 1.39. The molecule has 5 nitrogen and oxygen atoms in total. The molecule has 2 aliphatic heterocycles. The molecule has 2 atom stereocenters. The number of aromatic nitrogens is 2. The van der Waals surface area contributed by atoms with Crippen molar-refractivity contribution in [2.75, 3.05) is 13.2 Å². The van der Waals surface area contributed by atoms with Crippen molar-refractivity contribution in [3.05, 3.63) is 33.6 Å². The Morgan fingerprint density at radius 2 is 2.39 bits per heavy atom. The Hall–Kier alpha value is -1.24. The number of thiophene rings is 1. The van der Waals surface area contributed by atoms with Crippen LogP contribution < -0.4 is 0 Å². The number of likely N-dealkylation sites (tertiary alicyclic amines) is 1. The largest absolute Gasteiger partial charge is 0.370 e. The predicted octanol–water partition coefficient (Wildman–Crippen LogP) is 3.15. The summed E-state index contributed by atoms with van der Waals surface area (Å²) in [7, 11) is 0. The minimum atomic E-state index is -0.0787. The molecule has 1 spiro atoms. The fraction of sp³-hybridized carbons (Fsp3) is 0.647. The lowest BCUT2D eigenvalue weighted by atomic mass is 9.79. The van der Waals surface area contributed by atoms with Crippen LogP contribution in [0.15, 0.2) is 17.0 Å². The second kappa shape index (κ2) is 6.00. The summed E-state index contributed by atoms with van der Waals surface area (Å²) in [4.78, 5) is 9.62. The van der Waals surface area contributed by atoms with Crippen LogP contribution in [0.2, 0.25) is 0 Å². The van der Waals surface area contributed by atoms with Gasteiger partial charge in [0, 0.05) is 28.8 Å². The van der Waals surface area contributed by atoms with E-state index in [2.05, 4.69) is 35.0 Å². The van der Waals surface area contributed by atoms with Crippen LogP contribution in [0.3, 0.4) is 0 Å². The Labute approximate surface area is 140 Å². The molecule has 124 valence electrons. The van der Waals surface area contributed by atoms with E-state index in [1.165, 1.54) is 16.8 Å². The minimum absolute atomic E-state index is 0.0787. The lowest BCUT2D eigenvalue weighted by molar-refractivity contribution is -0.112. The molecule has 0 bridgehead atoms. The van der Waals surface area contributed by atoms with Gasteiger partial charge in [0.2, 0.25) is 6.39 Å². The fourth-order valence-electron chi connectivity index (χ4n) is 3.95. The first-order valence-corrected chi connectivity index (χ1v) is 9.27. The molecule has 2 aromatic rings. The van der Waals surface area contributed by atoms with Gasteiger partial charge < -0.3 is 9.26 Å².